The summed E-state index contributed by atoms with van der Waals surface area (Å²) in [6, 6.07) is 45.5. The van der Waals surface area contributed by atoms with Gasteiger partial charge in [0, 0.05) is 27.2 Å². The van der Waals surface area contributed by atoms with E-state index >= 15 is 0 Å². The van der Waals surface area contributed by atoms with E-state index in [4.69, 9.17) is 9.15 Å². The van der Waals surface area contributed by atoms with Crippen molar-refractivity contribution in [2.24, 2.45) is 0 Å². The molecule has 0 N–H and O–H groups in total. The van der Waals surface area contributed by atoms with Crippen LogP contribution in [0.25, 0.3) is 71.7 Å². The van der Waals surface area contributed by atoms with E-state index in [2.05, 4.69) is 120 Å². The molecule has 0 saturated carbocycles. The van der Waals surface area contributed by atoms with Gasteiger partial charge in [0.15, 0.2) is 0 Å². The van der Waals surface area contributed by atoms with Crippen LogP contribution >= 0.6 is 0 Å². The molecule has 0 fully saturated rings. The number of nitrogens with zero attached hydrogens (tertiary/aromatic N) is 1. The van der Waals surface area contributed by atoms with E-state index in [1.54, 1.807) is 0 Å². The molecule has 0 atom stereocenters. The van der Waals surface area contributed by atoms with Gasteiger partial charge in [-0.1, -0.05) is 84.9 Å². The van der Waals surface area contributed by atoms with E-state index in [-0.39, 0.29) is 0 Å². The molecular formula is C38H25NO2. The second kappa shape index (κ2) is 8.69. The Hall–Kier alpha value is -5.12. The topological polar surface area (TPSA) is 27.3 Å². The number of aromatic nitrogens is 1. The van der Waals surface area contributed by atoms with Gasteiger partial charge in [-0.05, 0) is 75.8 Å². The third-order valence-corrected chi connectivity index (χ3v) is 8.56. The number of benzene rings is 6. The van der Waals surface area contributed by atoms with Gasteiger partial charge in [0.05, 0.1) is 24.2 Å². The summed E-state index contributed by atoms with van der Waals surface area (Å²) in [7, 11) is 0. The molecule has 2 aromatic heterocycles. The van der Waals surface area contributed by atoms with Crippen molar-refractivity contribution in [1.82, 2.24) is 4.57 Å². The first-order valence-electron chi connectivity index (χ1n) is 14.1. The number of para-hydroxylation sites is 3. The minimum Gasteiger partial charge on any atom is -0.456 e. The molecule has 0 amide bonds. The predicted molar refractivity (Wildman–Crippen MR) is 167 cm³/mol. The average molecular weight is 528 g/mol. The Morgan fingerprint density at radius 2 is 1.20 bits per heavy atom. The maximum absolute atomic E-state index is 6.23. The number of hydrogen-bond donors (Lipinski definition) is 0. The molecule has 0 saturated heterocycles. The lowest BCUT2D eigenvalue weighted by Gasteiger charge is -2.14. The molecule has 41 heavy (non-hydrogen) atoms. The first-order chi connectivity index (χ1) is 20.3. The van der Waals surface area contributed by atoms with Crippen LogP contribution in [0.4, 0.5) is 0 Å². The molecule has 1 aliphatic heterocycles. The molecule has 0 radical (unpaired) electrons. The lowest BCUT2D eigenvalue weighted by atomic mass is 9.91. The third-order valence-electron chi connectivity index (χ3n) is 8.56. The SMILES string of the molecule is c1ccc2c(c1)oc1cccc(-c3ccc4c(c3)-c3ccc(-n5c6ccccc6c6ccccc65)cc3COC4)c12. The fourth-order valence-electron chi connectivity index (χ4n) is 6.71. The lowest BCUT2D eigenvalue weighted by molar-refractivity contribution is 0.110. The van der Waals surface area contributed by atoms with Gasteiger partial charge in [-0.15, -0.1) is 0 Å². The maximum atomic E-state index is 6.23. The number of ether oxygens (including phenoxy) is 1. The Morgan fingerprint density at radius 1 is 0.488 bits per heavy atom. The highest BCUT2D eigenvalue weighted by molar-refractivity contribution is 6.12. The smallest absolute Gasteiger partial charge is 0.136 e. The van der Waals surface area contributed by atoms with Crippen LogP contribution in [-0.2, 0) is 18.0 Å². The Bertz CT molecular complexity index is 2250. The highest BCUT2D eigenvalue weighted by atomic mass is 16.5. The van der Waals surface area contributed by atoms with Gasteiger partial charge in [-0.25, -0.2) is 0 Å². The minimum atomic E-state index is 0.576. The maximum Gasteiger partial charge on any atom is 0.136 e. The molecule has 6 aromatic carbocycles. The first kappa shape index (κ1) is 22.7. The Morgan fingerprint density at radius 3 is 2.02 bits per heavy atom. The van der Waals surface area contributed by atoms with Crippen molar-refractivity contribution in [2.75, 3.05) is 0 Å². The summed E-state index contributed by atoms with van der Waals surface area (Å²) in [5, 5.41) is 4.85. The largest absolute Gasteiger partial charge is 0.456 e. The predicted octanol–water partition coefficient (Wildman–Crippen LogP) is 10.0. The van der Waals surface area contributed by atoms with Gasteiger partial charge >= 0.3 is 0 Å². The van der Waals surface area contributed by atoms with Crippen LogP contribution in [0.2, 0.25) is 0 Å². The zero-order valence-electron chi connectivity index (χ0n) is 22.3. The number of hydrogen-bond acceptors (Lipinski definition) is 2. The van der Waals surface area contributed by atoms with Gasteiger partial charge < -0.3 is 13.7 Å². The van der Waals surface area contributed by atoms with Gasteiger partial charge in [-0.3, -0.25) is 0 Å². The zero-order chi connectivity index (χ0) is 26.9. The quantitative estimate of drug-likeness (QED) is 0.224. The van der Waals surface area contributed by atoms with E-state index < -0.39 is 0 Å². The van der Waals surface area contributed by atoms with Crippen molar-refractivity contribution in [3.8, 4) is 27.9 Å². The van der Waals surface area contributed by atoms with Crippen LogP contribution in [0, 0.1) is 0 Å². The molecule has 0 aliphatic carbocycles. The van der Waals surface area contributed by atoms with E-state index in [1.807, 2.05) is 12.1 Å². The van der Waals surface area contributed by atoms with Crippen molar-refractivity contribution < 1.29 is 9.15 Å². The van der Waals surface area contributed by atoms with E-state index in [1.165, 1.54) is 55.2 Å². The van der Waals surface area contributed by atoms with Crippen molar-refractivity contribution in [2.45, 2.75) is 13.2 Å². The Labute approximate surface area is 236 Å². The fourth-order valence-corrected chi connectivity index (χ4v) is 6.71. The first-order valence-corrected chi connectivity index (χ1v) is 14.1. The molecule has 0 bridgehead atoms. The molecule has 0 unspecified atom stereocenters. The van der Waals surface area contributed by atoms with Crippen LogP contribution in [0.3, 0.4) is 0 Å². The van der Waals surface area contributed by atoms with E-state index in [9.17, 15) is 0 Å². The molecule has 9 rings (SSSR count). The van der Waals surface area contributed by atoms with Crippen molar-refractivity contribution in [3.63, 3.8) is 0 Å². The van der Waals surface area contributed by atoms with Crippen LogP contribution in [0.5, 0.6) is 0 Å². The Balaban J connectivity index is 1.23. The van der Waals surface area contributed by atoms with Crippen molar-refractivity contribution in [3.05, 3.63) is 139 Å². The molecule has 3 nitrogen and oxygen atoms in total. The number of fused-ring (bicyclic) bond motifs is 9. The highest BCUT2D eigenvalue weighted by Gasteiger charge is 2.20. The lowest BCUT2D eigenvalue weighted by Crippen LogP contribution is -1.97. The molecule has 1 aliphatic rings. The highest BCUT2D eigenvalue weighted by Crippen LogP contribution is 2.41. The molecule has 194 valence electrons. The summed E-state index contributed by atoms with van der Waals surface area (Å²) in [4.78, 5) is 0. The normalized spacial score (nSPS) is 13.1. The molecular weight excluding hydrogens is 502 g/mol. The van der Waals surface area contributed by atoms with Crippen LogP contribution in [-0.4, -0.2) is 4.57 Å². The summed E-state index contributed by atoms with van der Waals surface area (Å²) in [5.41, 5.74) is 12.6. The fraction of sp³-hybridized carbons (Fsp3) is 0.0526. The van der Waals surface area contributed by atoms with Gasteiger partial charge in [0.2, 0.25) is 0 Å². The second-order valence-electron chi connectivity index (χ2n) is 10.9. The van der Waals surface area contributed by atoms with Gasteiger partial charge in [0.1, 0.15) is 11.2 Å². The van der Waals surface area contributed by atoms with Crippen LogP contribution in [0.15, 0.2) is 132 Å². The second-order valence-corrected chi connectivity index (χ2v) is 10.9. The molecule has 8 aromatic rings. The van der Waals surface area contributed by atoms with Gasteiger partial charge in [0.25, 0.3) is 0 Å². The molecule has 3 heteroatoms. The van der Waals surface area contributed by atoms with Crippen LogP contribution < -0.4 is 0 Å². The molecule has 3 heterocycles. The summed E-state index contributed by atoms with van der Waals surface area (Å²) >= 11 is 0. The summed E-state index contributed by atoms with van der Waals surface area (Å²) < 4.78 is 14.8. The van der Waals surface area contributed by atoms with Gasteiger partial charge in [-0.2, -0.15) is 0 Å². The van der Waals surface area contributed by atoms with Crippen molar-refractivity contribution >= 4 is 43.7 Å². The Kier molecular flexibility index (Phi) is 4.80. The average Bonchev–Trinajstić information content (AvgIpc) is 3.51. The van der Waals surface area contributed by atoms with E-state index in [0.29, 0.717) is 13.2 Å². The summed E-state index contributed by atoms with van der Waals surface area (Å²) in [5.74, 6) is 0. The standard InChI is InChI=1S/C38H25NO2/c1-4-12-34-30(8-1)31-9-2-5-13-35(31)39(34)27-18-19-28-26(20-27)23-40-22-25-17-16-24(21-33(25)28)29-11-7-15-37-38(29)32-10-3-6-14-36(32)41-37/h1-21H,22-23H2. The monoisotopic (exact) mass is 527 g/mol. The third kappa shape index (κ3) is 3.36. The van der Waals surface area contributed by atoms with E-state index in [0.717, 1.165) is 27.6 Å². The number of furan rings is 1. The summed E-state index contributed by atoms with van der Waals surface area (Å²) in [6.45, 7) is 1.17. The minimum absolute atomic E-state index is 0.576. The van der Waals surface area contributed by atoms with Crippen LogP contribution in [0.1, 0.15) is 11.1 Å². The summed E-state index contributed by atoms with van der Waals surface area (Å²) in [6.07, 6.45) is 0. The van der Waals surface area contributed by atoms with Crippen molar-refractivity contribution in [1.29, 1.82) is 0 Å². The molecule has 0 spiro atoms. The zero-order valence-corrected chi connectivity index (χ0v) is 22.3. The number of rotatable bonds is 2.